The first kappa shape index (κ1) is 9.53. The van der Waals surface area contributed by atoms with Gasteiger partial charge in [0.2, 0.25) is 0 Å². The number of rotatable bonds is 3. The van der Waals surface area contributed by atoms with Crippen molar-refractivity contribution >= 4 is 11.6 Å². The molecule has 0 radical (unpaired) electrons. The average molecular weight is 184 g/mol. The minimum Gasteiger partial charge on any atom is -0.260 e. The summed E-state index contributed by atoms with van der Waals surface area (Å²) in [5.74, 6) is 0. The molecule has 1 nitrogen and oxygen atoms in total. The van der Waals surface area contributed by atoms with Crippen LogP contribution in [-0.4, -0.2) is 4.98 Å². The van der Waals surface area contributed by atoms with Crippen molar-refractivity contribution in [1.29, 1.82) is 0 Å². The summed E-state index contributed by atoms with van der Waals surface area (Å²) < 4.78 is 0. The van der Waals surface area contributed by atoms with Crippen molar-refractivity contribution < 1.29 is 0 Å². The Hall–Kier alpha value is -0.560. The second-order valence-corrected chi connectivity index (χ2v) is 3.42. The molecule has 1 aromatic heterocycles. The standard InChI is InChI=1S/C10H14ClN/c1-3-4-5-9-6-10(11)8(2)12-7-9/h6-7H,3-5H2,1-2H3. The molecule has 0 unspecified atom stereocenters. The Labute approximate surface area is 78.8 Å². The highest BCUT2D eigenvalue weighted by molar-refractivity contribution is 6.31. The van der Waals surface area contributed by atoms with E-state index in [1.807, 2.05) is 19.2 Å². The first-order chi connectivity index (χ1) is 5.74. The molecule has 0 spiro atoms. The van der Waals surface area contributed by atoms with Crippen LogP contribution >= 0.6 is 11.6 Å². The molecule has 12 heavy (non-hydrogen) atoms. The molecule has 0 amide bonds. The lowest BCUT2D eigenvalue weighted by Crippen LogP contribution is -1.89. The van der Waals surface area contributed by atoms with Gasteiger partial charge in [0.05, 0.1) is 10.7 Å². The maximum absolute atomic E-state index is 5.93. The number of halogens is 1. The molecule has 0 aromatic carbocycles. The maximum Gasteiger partial charge on any atom is 0.0621 e. The van der Waals surface area contributed by atoms with Crippen LogP contribution in [0.15, 0.2) is 12.3 Å². The topological polar surface area (TPSA) is 12.9 Å². The minimum absolute atomic E-state index is 0.781. The van der Waals surface area contributed by atoms with E-state index in [2.05, 4.69) is 11.9 Å². The molecule has 2 heteroatoms. The Morgan fingerprint density at radius 3 is 2.83 bits per heavy atom. The highest BCUT2D eigenvalue weighted by atomic mass is 35.5. The number of nitrogens with zero attached hydrogens (tertiary/aromatic N) is 1. The Morgan fingerprint density at radius 1 is 1.50 bits per heavy atom. The third kappa shape index (κ3) is 2.49. The number of hydrogen-bond donors (Lipinski definition) is 0. The van der Waals surface area contributed by atoms with Gasteiger partial charge in [-0.2, -0.15) is 0 Å². The smallest absolute Gasteiger partial charge is 0.0621 e. The van der Waals surface area contributed by atoms with E-state index in [0.29, 0.717) is 0 Å². The number of unbranched alkanes of at least 4 members (excludes halogenated alkanes) is 1. The quantitative estimate of drug-likeness (QED) is 0.700. The molecule has 0 saturated heterocycles. The second kappa shape index (κ2) is 4.46. The summed E-state index contributed by atoms with van der Waals surface area (Å²) in [7, 11) is 0. The van der Waals surface area contributed by atoms with Gasteiger partial charge in [0.1, 0.15) is 0 Å². The summed E-state index contributed by atoms with van der Waals surface area (Å²) in [6, 6.07) is 2.01. The van der Waals surface area contributed by atoms with Gasteiger partial charge in [0, 0.05) is 6.20 Å². The molecule has 0 bridgehead atoms. The molecule has 0 aliphatic rings. The van der Waals surface area contributed by atoms with Crippen molar-refractivity contribution in [2.24, 2.45) is 0 Å². The van der Waals surface area contributed by atoms with E-state index in [9.17, 15) is 0 Å². The van der Waals surface area contributed by atoms with Crippen LogP contribution in [0.2, 0.25) is 5.02 Å². The molecule has 0 fully saturated rings. The van der Waals surface area contributed by atoms with Crippen LogP contribution < -0.4 is 0 Å². The lowest BCUT2D eigenvalue weighted by Gasteiger charge is -2.01. The van der Waals surface area contributed by atoms with Gasteiger partial charge >= 0.3 is 0 Å². The van der Waals surface area contributed by atoms with Gasteiger partial charge in [-0.25, -0.2) is 0 Å². The predicted octanol–water partition coefficient (Wildman–Crippen LogP) is 3.39. The van der Waals surface area contributed by atoms with E-state index in [1.165, 1.54) is 18.4 Å². The highest BCUT2D eigenvalue weighted by Gasteiger charge is 1.98. The molecule has 1 rings (SSSR count). The van der Waals surface area contributed by atoms with Crippen LogP contribution in [0.1, 0.15) is 31.0 Å². The fraction of sp³-hybridized carbons (Fsp3) is 0.500. The molecular formula is C10H14ClN. The molecule has 0 aliphatic carbocycles. The number of aryl methyl sites for hydroxylation is 2. The van der Waals surface area contributed by atoms with Gasteiger partial charge in [-0.3, -0.25) is 4.98 Å². The Morgan fingerprint density at radius 2 is 2.25 bits per heavy atom. The van der Waals surface area contributed by atoms with E-state index in [1.54, 1.807) is 0 Å². The number of hydrogen-bond acceptors (Lipinski definition) is 1. The summed E-state index contributed by atoms with van der Waals surface area (Å²) in [5, 5.41) is 0.781. The van der Waals surface area contributed by atoms with Crippen molar-refractivity contribution in [3.63, 3.8) is 0 Å². The monoisotopic (exact) mass is 183 g/mol. The zero-order valence-electron chi connectivity index (χ0n) is 7.60. The van der Waals surface area contributed by atoms with Crippen LogP contribution in [0.5, 0.6) is 0 Å². The van der Waals surface area contributed by atoms with Crippen molar-refractivity contribution in [3.8, 4) is 0 Å². The lowest BCUT2D eigenvalue weighted by atomic mass is 10.1. The predicted molar refractivity (Wildman–Crippen MR) is 52.6 cm³/mol. The summed E-state index contributed by atoms with van der Waals surface area (Å²) >= 11 is 5.93. The van der Waals surface area contributed by atoms with Crippen LogP contribution in [0.3, 0.4) is 0 Å². The molecule has 66 valence electrons. The Kier molecular flexibility index (Phi) is 3.54. The van der Waals surface area contributed by atoms with E-state index in [4.69, 9.17) is 11.6 Å². The van der Waals surface area contributed by atoms with E-state index in [-0.39, 0.29) is 0 Å². The third-order valence-corrected chi connectivity index (χ3v) is 2.28. The SMILES string of the molecule is CCCCc1cnc(C)c(Cl)c1. The lowest BCUT2D eigenvalue weighted by molar-refractivity contribution is 0.791. The Balaban J connectivity index is 2.69. The van der Waals surface area contributed by atoms with Crippen LogP contribution in [0.4, 0.5) is 0 Å². The zero-order chi connectivity index (χ0) is 8.97. The molecule has 0 aliphatic heterocycles. The van der Waals surface area contributed by atoms with Crippen molar-refractivity contribution in [2.45, 2.75) is 33.1 Å². The molecule has 0 N–H and O–H groups in total. The maximum atomic E-state index is 5.93. The van der Waals surface area contributed by atoms with Gasteiger partial charge in [-0.05, 0) is 31.4 Å². The number of aromatic nitrogens is 1. The van der Waals surface area contributed by atoms with E-state index >= 15 is 0 Å². The molecule has 0 atom stereocenters. The van der Waals surface area contributed by atoms with E-state index in [0.717, 1.165) is 17.1 Å². The fourth-order valence-corrected chi connectivity index (χ4v) is 1.25. The molecular weight excluding hydrogens is 170 g/mol. The first-order valence-corrected chi connectivity index (χ1v) is 4.73. The summed E-state index contributed by atoms with van der Waals surface area (Å²) in [5.41, 5.74) is 2.16. The van der Waals surface area contributed by atoms with Crippen molar-refractivity contribution in [2.75, 3.05) is 0 Å². The summed E-state index contributed by atoms with van der Waals surface area (Å²) in [6.45, 7) is 4.11. The van der Waals surface area contributed by atoms with Gasteiger partial charge in [-0.15, -0.1) is 0 Å². The van der Waals surface area contributed by atoms with E-state index < -0.39 is 0 Å². The van der Waals surface area contributed by atoms with Gasteiger partial charge in [0.25, 0.3) is 0 Å². The normalized spacial score (nSPS) is 10.2. The fourth-order valence-electron chi connectivity index (χ4n) is 1.06. The van der Waals surface area contributed by atoms with Crippen LogP contribution in [0.25, 0.3) is 0 Å². The second-order valence-electron chi connectivity index (χ2n) is 3.01. The summed E-state index contributed by atoms with van der Waals surface area (Å²) in [4.78, 5) is 4.20. The largest absolute Gasteiger partial charge is 0.260 e. The van der Waals surface area contributed by atoms with Crippen molar-refractivity contribution in [3.05, 3.63) is 28.5 Å². The van der Waals surface area contributed by atoms with Gasteiger partial charge in [-0.1, -0.05) is 24.9 Å². The first-order valence-electron chi connectivity index (χ1n) is 4.35. The highest BCUT2D eigenvalue weighted by Crippen LogP contribution is 2.15. The summed E-state index contributed by atoms with van der Waals surface area (Å²) in [6.07, 6.45) is 5.42. The molecule has 1 aromatic rings. The average Bonchev–Trinajstić information content (AvgIpc) is 2.07. The zero-order valence-corrected chi connectivity index (χ0v) is 8.36. The van der Waals surface area contributed by atoms with Gasteiger partial charge < -0.3 is 0 Å². The molecule has 1 heterocycles. The number of pyridine rings is 1. The third-order valence-electron chi connectivity index (χ3n) is 1.90. The van der Waals surface area contributed by atoms with Gasteiger partial charge in [0.15, 0.2) is 0 Å². The minimum atomic E-state index is 0.781. The van der Waals surface area contributed by atoms with Crippen LogP contribution in [0, 0.1) is 6.92 Å². The van der Waals surface area contributed by atoms with Crippen LogP contribution in [-0.2, 0) is 6.42 Å². The molecule has 0 saturated carbocycles. The Bertz CT molecular complexity index is 258. The van der Waals surface area contributed by atoms with Crippen molar-refractivity contribution in [1.82, 2.24) is 4.98 Å².